The number of H-pyrrole nitrogens is 1. The van der Waals surface area contributed by atoms with E-state index >= 15 is 0 Å². The maximum Gasteiger partial charge on any atom is 0.308 e. The van der Waals surface area contributed by atoms with Crippen LogP contribution >= 0.6 is 0 Å². The summed E-state index contributed by atoms with van der Waals surface area (Å²) in [5.41, 5.74) is 5.28. The average molecular weight is 238 g/mol. The molecule has 0 amide bonds. The van der Waals surface area contributed by atoms with Gasteiger partial charge in [-0.2, -0.15) is 0 Å². The van der Waals surface area contributed by atoms with E-state index in [2.05, 4.69) is 9.97 Å². The second-order valence-electron chi connectivity index (χ2n) is 4.09. The third-order valence-corrected chi connectivity index (χ3v) is 2.94. The molecule has 1 aromatic rings. The van der Waals surface area contributed by atoms with Crippen LogP contribution < -0.4 is 16.2 Å². The molecular weight excluding hydrogens is 224 g/mol. The van der Waals surface area contributed by atoms with Gasteiger partial charge >= 0.3 is 5.97 Å². The minimum absolute atomic E-state index is 0.0403. The van der Waals surface area contributed by atoms with Gasteiger partial charge in [0.25, 0.3) is 5.56 Å². The minimum Gasteiger partial charge on any atom is -0.481 e. The summed E-state index contributed by atoms with van der Waals surface area (Å²) in [6.07, 6.45) is 2.68. The van der Waals surface area contributed by atoms with Gasteiger partial charge in [-0.15, -0.1) is 0 Å². The lowest BCUT2D eigenvalue weighted by atomic mass is 9.98. The highest BCUT2D eigenvalue weighted by Crippen LogP contribution is 2.23. The van der Waals surface area contributed by atoms with Crippen LogP contribution in [0.4, 0.5) is 11.5 Å². The number of nitrogen functional groups attached to an aromatic ring is 1. The van der Waals surface area contributed by atoms with Crippen LogP contribution in [-0.4, -0.2) is 34.1 Å². The molecule has 92 valence electrons. The number of carboxylic acid groups (broad SMARTS) is 1. The van der Waals surface area contributed by atoms with Crippen molar-refractivity contribution >= 4 is 17.5 Å². The molecule has 1 aromatic heterocycles. The first-order chi connectivity index (χ1) is 8.09. The molecule has 0 bridgehead atoms. The zero-order chi connectivity index (χ0) is 12.4. The van der Waals surface area contributed by atoms with Crippen molar-refractivity contribution < 1.29 is 9.90 Å². The molecule has 17 heavy (non-hydrogen) atoms. The van der Waals surface area contributed by atoms with E-state index in [9.17, 15) is 9.59 Å². The van der Waals surface area contributed by atoms with Gasteiger partial charge in [0.05, 0.1) is 12.2 Å². The van der Waals surface area contributed by atoms with Gasteiger partial charge in [0.15, 0.2) is 5.82 Å². The molecule has 2 heterocycles. The van der Waals surface area contributed by atoms with Gasteiger partial charge in [-0.1, -0.05) is 0 Å². The summed E-state index contributed by atoms with van der Waals surface area (Å²) < 4.78 is 0. The van der Waals surface area contributed by atoms with Crippen LogP contribution in [0.5, 0.6) is 0 Å². The first kappa shape index (κ1) is 11.4. The molecule has 4 N–H and O–H groups in total. The molecule has 0 radical (unpaired) electrons. The number of hydrogen-bond acceptors (Lipinski definition) is 5. The number of carbonyl (C=O) groups is 1. The first-order valence-corrected chi connectivity index (χ1v) is 5.40. The van der Waals surface area contributed by atoms with E-state index in [0.29, 0.717) is 25.3 Å². The summed E-state index contributed by atoms with van der Waals surface area (Å²) >= 11 is 0. The highest BCUT2D eigenvalue weighted by molar-refractivity contribution is 5.72. The molecule has 7 heteroatoms. The molecule has 1 saturated heterocycles. The normalized spacial score (nSPS) is 20.2. The van der Waals surface area contributed by atoms with E-state index in [0.717, 1.165) is 6.42 Å². The highest BCUT2D eigenvalue weighted by atomic mass is 16.4. The number of aromatic nitrogens is 2. The molecule has 0 aliphatic carbocycles. The van der Waals surface area contributed by atoms with E-state index in [-0.39, 0.29) is 5.69 Å². The molecule has 2 rings (SSSR count). The molecule has 1 aliphatic rings. The van der Waals surface area contributed by atoms with Crippen molar-refractivity contribution in [1.82, 2.24) is 9.97 Å². The van der Waals surface area contributed by atoms with Gasteiger partial charge in [0, 0.05) is 13.1 Å². The van der Waals surface area contributed by atoms with Crippen LogP contribution in [0.1, 0.15) is 12.8 Å². The minimum atomic E-state index is -0.821. The van der Waals surface area contributed by atoms with Crippen molar-refractivity contribution in [3.05, 3.63) is 16.7 Å². The molecule has 1 unspecified atom stereocenters. The van der Waals surface area contributed by atoms with Crippen molar-refractivity contribution in [1.29, 1.82) is 0 Å². The average Bonchev–Trinajstić information content (AvgIpc) is 2.33. The van der Waals surface area contributed by atoms with Gasteiger partial charge in [0.2, 0.25) is 0 Å². The van der Waals surface area contributed by atoms with Gasteiger partial charge in [0.1, 0.15) is 5.69 Å². The maximum absolute atomic E-state index is 11.3. The maximum atomic E-state index is 11.3. The van der Waals surface area contributed by atoms with Crippen LogP contribution in [0, 0.1) is 5.92 Å². The van der Waals surface area contributed by atoms with Crippen LogP contribution in [0.15, 0.2) is 11.1 Å². The number of aliphatic carboxylic acids is 1. The van der Waals surface area contributed by atoms with E-state index < -0.39 is 17.4 Å². The Bertz CT molecular complexity index is 485. The molecular formula is C10H14N4O3. The second kappa shape index (κ2) is 4.44. The first-order valence-electron chi connectivity index (χ1n) is 5.40. The lowest BCUT2D eigenvalue weighted by Crippen LogP contribution is -2.40. The fraction of sp³-hybridized carbons (Fsp3) is 0.500. The molecule has 0 aromatic carbocycles. The SMILES string of the molecule is Nc1c(N2CCCC(C(=O)O)C2)nc[nH]c1=O. The van der Waals surface area contributed by atoms with Crippen molar-refractivity contribution in [2.24, 2.45) is 5.92 Å². The summed E-state index contributed by atoms with van der Waals surface area (Å²) in [7, 11) is 0. The smallest absolute Gasteiger partial charge is 0.308 e. The quantitative estimate of drug-likeness (QED) is 0.649. The molecule has 7 nitrogen and oxygen atoms in total. The number of anilines is 2. The number of hydrogen-bond donors (Lipinski definition) is 3. The van der Waals surface area contributed by atoms with E-state index in [1.165, 1.54) is 6.33 Å². The van der Waals surface area contributed by atoms with Crippen LogP contribution in [0.3, 0.4) is 0 Å². The van der Waals surface area contributed by atoms with Gasteiger partial charge in [-0.25, -0.2) is 4.98 Å². The van der Waals surface area contributed by atoms with Gasteiger partial charge < -0.3 is 20.7 Å². The van der Waals surface area contributed by atoms with Gasteiger partial charge in [-0.3, -0.25) is 9.59 Å². The standard InChI is InChI=1S/C10H14N4O3/c11-7-8(12-5-13-9(7)15)14-3-1-2-6(4-14)10(16)17/h5-6H,1-4,11H2,(H,16,17)(H,12,13,15). The zero-order valence-corrected chi connectivity index (χ0v) is 9.22. The molecule has 0 saturated carbocycles. The lowest BCUT2D eigenvalue weighted by molar-refractivity contribution is -0.141. The molecule has 1 atom stereocenters. The van der Waals surface area contributed by atoms with Crippen molar-refractivity contribution in [2.45, 2.75) is 12.8 Å². The third kappa shape index (κ3) is 2.22. The number of nitrogens with two attached hydrogens (primary N) is 1. The number of rotatable bonds is 2. The predicted molar refractivity (Wildman–Crippen MR) is 61.8 cm³/mol. The predicted octanol–water partition coefficient (Wildman–Crippen LogP) is -0.347. The van der Waals surface area contributed by atoms with Gasteiger partial charge in [-0.05, 0) is 12.8 Å². The van der Waals surface area contributed by atoms with Crippen molar-refractivity contribution in [3.8, 4) is 0 Å². The largest absolute Gasteiger partial charge is 0.481 e. The Kier molecular flexibility index (Phi) is 2.99. The van der Waals surface area contributed by atoms with Crippen LogP contribution in [-0.2, 0) is 4.79 Å². The third-order valence-electron chi connectivity index (χ3n) is 2.94. The van der Waals surface area contributed by atoms with Crippen LogP contribution in [0.25, 0.3) is 0 Å². The number of piperidine rings is 1. The second-order valence-corrected chi connectivity index (χ2v) is 4.09. The van der Waals surface area contributed by atoms with Crippen molar-refractivity contribution in [3.63, 3.8) is 0 Å². The Morgan fingerprint density at radius 2 is 2.41 bits per heavy atom. The van der Waals surface area contributed by atoms with E-state index in [1.807, 2.05) is 0 Å². The van der Waals surface area contributed by atoms with Crippen LogP contribution in [0.2, 0.25) is 0 Å². The summed E-state index contributed by atoms with van der Waals surface area (Å²) in [6.45, 7) is 1.01. The summed E-state index contributed by atoms with van der Waals surface area (Å²) in [4.78, 5) is 30.4. The topological polar surface area (TPSA) is 112 Å². The Morgan fingerprint density at radius 1 is 1.65 bits per heavy atom. The summed E-state index contributed by atoms with van der Waals surface area (Å²) in [5, 5.41) is 8.98. The highest BCUT2D eigenvalue weighted by Gasteiger charge is 2.27. The number of nitrogens with one attached hydrogen (secondary N) is 1. The Hall–Kier alpha value is -2.05. The Morgan fingerprint density at radius 3 is 3.12 bits per heavy atom. The fourth-order valence-electron chi connectivity index (χ4n) is 2.02. The molecule has 0 spiro atoms. The Labute approximate surface area is 97.3 Å². The van der Waals surface area contributed by atoms with E-state index in [1.54, 1.807) is 4.90 Å². The fourth-order valence-corrected chi connectivity index (χ4v) is 2.02. The monoisotopic (exact) mass is 238 g/mol. The Balaban J connectivity index is 2.25. The number of nitrogens with zero attached hydrogens (tertiary/aromatic N) is 2. The van der Waals surface area contributed by atoms with E-state index in [4.69, 9.17) is 10.8 Å². The summed E-state index contributed by atoms with van der Waals surface area (Å²) in [6, 6.07) is 0. The molecule has 1 aliphatic heterocycles. The lowest BCUT2D eigenvalue weighted by Gasteiger charge is -2.31. The number of aromatic amines is 1. The summed E-state index contributed by atoms with van der Waals surface area (Å²) in [5.74, 6) is -0.873. The number of carboxylic acids is 1. The van der Waals surface area contributed by atoms with Crippen molar-refractivity contribution in [2.75, 3.05) is 23.7 Å². The molecule has 1 fully saturated rings. The zero-order valence-electron chi connectivity index (χ0n) is 9.22.